The normalized spacial score (nSPS) is 33.4. The molecule has 2 amide bonds. The molecular weight excluding hydrogens is 248 g/mol. The maximum Gasteiger partial charge on any atom is 0.245 e. The minimum Gasteiger partial charge on any atom is -0.343 e. The Morgan fingerprint density at radius 3 is 2.83 bits per heavy atom. The molecule has 18 heavy (non-hydrogen) atoms. The molecule has 1 saturated carbocycles. The number of nitrogens with one attached hydrogen (secondary N) is 1. The minimum absolute atomic E-state index is 0.00674. The molecule has 4 nitrogen and oxygen atoms in total. The maximum absolute atomic E-state index is 12.3. The van der Waals surface area contributed by atoms with Crippen molar-refractivity contribution in [2.24, 2.45) is 0 Å². The smallest absolute Gasteiger partial charge is 0.245 e. The molecule has 0 aromatic carbocycles. The second kappa shape index (κ2) is 5.95. The van der Waals surface area contributed by atoms with Gasteiger partial charge >= 0.3 is 0 Å². The van der Waals surface area contributed by atoms with Crippen molar-refractivity contribution in [3.05, 3.63) is 0 Å². The molecule has 5 heteroatoms. The van der Waals surface area contributed by atoms with E-state index in [0.717, 1.165) is 12.8 Å². The SMILES string of the molecule is CCC1NC(=O)CN(C2CCCC(SC)C2)C1=O. The topological polar surface area (TPSA) is 49.4 Å². The molecular formula is C13H22N2O2S. The van der Waals surface area contributed by atoms with Gasteiger partial charge in [-0.2, -0.15) is 11.8 Å². The first-order valence-electron chi connectivity index (χ1n) is 6.78. The highest BCUT2D eigenvalue weighted by molar-refractivity contribution is 7.99. The Morgan fingerprint density at radius 2 is 2.17 bits per heavy atom. The third-order valence-electron chi connectivity index (χ3n) is 4.01. The Morgan fingerprint density at radius 1 is 1.39 bits per heavy atom. The van der Waals surface area contributed by atoms with Crippen LogP contribution < -0.4 is 5.32 Å². The van der Waals surface area contributed by atoms with E-state index in [1.165, 1.54) is 12.8 Å². The highest BCUT2D eigenvalue weighted by Crippen LogP contribution is 2.30. The van der Waals surface area contributed by atoms with E-state index in [2.05, 4.69) is 11.6 Å². The fourth-order valence-electron chi connectivity index (χ4n) is 2.94. The molecule has 1 N–H and O–H groups in total. The average Bonchev–Trinajstić information content (AvgIpc) is 2.41. The zero-order chi connectivity index (χ0) is 13.1. The van der Waals surface area contributed by atoms with Crippen molar-refractivity contribution in [3.8, 4) is 0 Å². The molecule has 2 rings (SSSR count). The van der Waals surface area contributed by atoms with Crippen LogP contribution in [0.5, 0.6) is 0 Å². The molecule has 2 aliphatic rings. The summed E-state index contributed by atoms with van der Waals surface area (Å²) in [5.41, 5.74) is 0. The molecule has 102 valence electrons. The lowest BCUT2D eigenvalue weighted by molar-refractivity contribution is -0.147. The van der Waals surface area contributed by atoms with Gasteiger partial charge in [0, 0.05) is 11.3 Å². The summed E-state index contributed by atoms with van der Waals surface area (Å²) in [4.78, 5) is 25.8. The van der Waals surface area contributed by atoms with Crippen LogP contribution in [0.4, 0.5) is 0 Å². The average molecular weight is 270 g/mol. The Labute approximate surface area is 113 Å². The van der Waals surface area contributed by atoms with Crippen molar-refractivity contribution in [2.45, 2.75) is 56.4 Å². The van der Waals surface area contributed by atoms with Crippen molar-refractivity contribution in [1.29, 1.82) is 0 Å². The van der Waals surface area contributed by atoms with Crippen LogP contribution in [0.2, 0.25) is 0 Å². The number of rotatable bonds is 3. The molecule has 1 aliphatic heterocycles. The van der Waals surface area contributed by atoms with Gasteiger partial charge in [0.1, 0.15) is 6.04 Å². The first-order chi connectivity index (χ1) is 8.65. The van der Waals surface area contributed by atoms with Gasteiger partial charge in [0.25, 0.3) is 0 Å². The number of carbonyl (C=O) groups is 2. The van der Waals surface area contributed by atoms with Crippen LogP contribution >= 0.6 is 11.8 Å². The monoisotopic (exact) mass is 270 g/mol. The van der Waals surface area contributed by atoms with Crippen molar-refractivity contribution < 1.29 is 9.59 Å². The van der Waals surface area contributed by atoms with Gasteiger partial charge in [-0.1, -0.05) is 13.3 Å². The second-order valence-corrected chi connectivity index (χ2v) is 6.31. The molecule has 1 heterocycles. The Kier molecular flexibility index (Phi) is 4.54. The number of hydrogen-bond donors (Lipinski definition) is 1. The van der Waals surface area contributed by atoms with Crippen molar-refractivity contribution in [2.75, 3.05) is 12.8 Å². The van der Waals surface area contributed by atoms with E-state index in [-0.39, 0.29) is 30.4 Å². The Balaban J connectivity index is 2.05. The zero-order valence-electron chi connectivity index (χ0n) is 11.1. The second-order valence-electron chi connectivity index (χ2n) is 5.17. The molecule has 3 unspecified atom stereocenters. The lowest BCUT2D eigenvalue weighted by Gasteiger charge is -2.41. The number of amides is 2. The van der Waals surface area contributed by atoms with Gasteiger partial charge in [-0.3, -0.25) is 9.59 Å². The molecule has 3 atom stereocenters. The summed E-state index contributed by atoms with van der Waals surface area (Å²) < 4.78 is 0. The van der Waals surface area contributed by atoms with E-state index in [1.54, 1.807) is 0 Å². The van der Waals surface area contributed by atoms with Gasteiger partial charge in [0.2, 0.25) is 11.8 Å². The number of nitrogens with zero attached hydrogens (tertiary/aromatic N) is 1. The van der Waals surface area contributed by atoms with Crippen LogP contribution in [0.25, 0.3) is 0 Å². The van der Waals surface area contributed by atoms with Crippen molar-refractivity contribution in [3.63, 3.8) is 0 Å². The van der Waals surface area contributed by atoms with Crippen LogP contribution in [-0.4, -0.2) is 46.8 Å². The Hall–Kier alpha value is -0.710. The summed E-state index contributed by atoms with van der Waals surface area (Å²) in [6.45, 7) is 2.19. The third kappa shape index (κ3) is 2.82. The first-order valence-corrected chi connectivity index (χ1v) is 8.07. The van der Waals surface area contributed by atoms with Crippen molar-refractivity contribution in [1.82, 2.24) is 10.2 Å². The summed E-state index contributed by atoms with van der Waals surface area (Å²) >= 11 is 1.88. The van der Waals surface area contributed by atoms with Gasteiger partial charge in [-0.15, -0.1) is 0 Å². The van der Waals surface area contributed by atoms with Crippen LogP contribution in [0.1, 0.15) is 39.0 Å². The molecule has 1 saturated heterocycles. The van der Waals surface area contributed by atoms with E-state index in [4.69, 9.17) is 0 Å². The molecule has 0 aromatic rings. The lowest BCUT2D eigenvalue weighted by Crippen LogP contribution is -2.61. The third-order valence-corrected chi connectivity index (χ3v) is 5.11. The summed E-state index contributed by atoms with van der Waals surface area (Å²) in [6, 6.07) is -0.0373. The van der Waals surface area contributed by atoms with E-state index in [0.29, 0.717) is 11.7 Å². The molecule has 1 aliphatic carbocycles. The van der Waals surface area contributed by atoms with Crippen LogP contribution in [0.15, 0.2) is 0 Å². The lowest BCUT2D eigenvalue weighted by atomic mass is 9.92. The molecule has 0 spiro atoms. The first kappa shape index (κ1) is 13.7. The number of thioether (sulfide) groups is 1. The molecule has 2 fully saturated rings. The van der Waals surface area contributed by atoms with Crippen LogP contribution in [0.3, 0.4) is 0 Å². The van der Waals surface area contributed by atoms with Crippen LogP contribution in [0, 0.1) is 0 Å². The zero-order valence-corrected chi connectivity index (χ0v) is 12.0. The van der Waals surface area contributed by atoms with E-state index >= 15 is 0 Å². The molecule has 0 radical (unpaired) electrons. The van der Waals surface area contributed by atoms with Gasteiger partial charge in [0.15, 0.2) is 0 Å². The van der Waals surface area contributed by atoms with Gasteiger partial charge in [0.05, 0.1) is 6.54 Å². The number of piperazine rings is 1. The van der Waals surface area contributed by atoms with Gasteiger partial charge in [-0.25, -0.2) is 0 Å². The predicted octanol–water partition coefficient (Wildman–Crippen LogP) is 1.40. The van der Waals surface area contributed by atoms with E-state index in [1.807, 2.05) is 23.6 Å². The summed E-state index contributed by atoms with van der Waals surface area (Å²) in [5.74, 6) is 0.108. The Bertz CT molecular complexity index is 335. The summed E-state index contributed by atoms with van der Waals surface area (Å²) in [7, 11) is 0. The predicted molar refractivity (Wildman–Crippen MR) is 73.5 cm³/mol. The molecule has 0 bridgehead atoms. The number of hydrogen-bond acceptors (Lipinski definition) is 3. The highest BCUT2D eigenvalue weighted by Gasteiger charge is 2.37. The van der Waals surface area contributed by atoms with E-state index < -0.39 is 0 Å². The standard InChI is InChI=1S/C13H22N2O2S/c1-3-11-13(17)15(8-12(16)14-11)9-5-4-6-10(7-9)18-2/h9-11H,3-8H2,1-2H3,(H,14,16). The van der Waals surface area contributed by atoms with Gasteiger partial charge in [-0.05, 0) is 31.9 Å². The fraction of sp³-hybridized carbons (Fsp3) is 0.846. The number of carbonyl (C=O) groups excluding carboxylic acids is 2. The largest absolute Gasteiger partial charge is 0.343 e. The van der Waals surface area contributed by atoms with Crippen LogP contribution in [-0.2, 0) is 9.59 Å². The van der Waals surface area contributed by atoms with E-state index in [9.17, 15) is 9.59 Å². The molecule has 0 aromatic heterocycles. The summed E-state index contributed by atoms with van der Waals surface area (Å²) in [6.07, 6.45) is 7.30. The fourth-order valence-corrected chi connectivity index (χ4v) is 3.75. The minimum atomic E-state index is -0.305. The van der Waals surface area contributed by atoms with Crippen molar-refractivity contribution >= 4 is 23.6 Å². The maximum atomic E-state index is 12.3. The summed E-state index contributed by atoms with van der Waals surface area (Å²) in [5, 5.41) is 3.42. The van der Waals surface area contributed by atoms with Gasteiger partial charge < -0.3 is 10.2 Å². The quantitative estimate of drug-likeness (QED) is 0.843. The highest BCUT2D eigenvalue weighted by atomic mass is 32.2.